The topological polar surface area (TPSA) is 68.3 Å². The van der Waals surface area contributed by atoms with E-state index < -0.39 is 17.7 Å². The molecule has 1 N–H and O–H groups in total. The predicted molar refractivity (Wildman–Crippen MR) is 101 cm³/mol. The normalized spacial score (nSPS) is 10.4. The van der Waals surface area contributed by atoms with E-state index in [0.29, 0.717) is 10.7 Å². The third-order valence-electron chi connectivity index (χ3n) is 3.54. The molecule has 0 spiro atoms. The molecule has 1 heterocycles. The van der Waals surface area contributed by atoms with E-state index in [1.165, 1.54) is 35.6 Å². The molecule has 3 aromatic rings. The van der Waals surface area contributed by atoms with Gasteiger partial charge in [0.1, 0.15) is 24.0 Å². The molecule has 138 valence electrons. The Balaban J connectivity index is 1.49. The van der Waals surface area contributed by atoms with Gasteiger partial charge in [0.15, 0.2) is 0 Å². The lowest BCUT2D eigenvalue weighted by Gasteiger charge is -2.06. The molecule has 0 saturated heterocycles. The molecule has 0 bridgehead atoms. The quantitative estimate of drug-likeness (QED) is 0.629. The molecule has 0 saturated carbocycles. The zero-order valence-electron chi connectivity index (χ0n) is 13.9. The lowest BCUT2D eigenvalue weighted by Crippen LogP contribution is -2.31. The first kappa shape index (κ1) is 19.0. The molecular formula is C19H14ClFN2O3S. The third kappa shape index (κ3) is 5.12. The van der Waals surface area contributed by atoms with Crippen molar-refractivity contribution in [2.24, 2.45) is 0 Å². The van der Waals surface area contributed by atoms with Crippen molar-refractivity contribution >= 4 is 34.8 Å². The molecule has 0 fully saturated rings. The number of halogens is 2. The van der Waals surface area contributed by atoms with Crippen LogP contribution in [0, 0.1) is 5.82 Å². The monoisotopic (exact) mass is 404 g/mol. The molecular weight excluding hydrogens is 391 g/mol. The molecule has 2 aromatic carbocycles. The van der Waals surface area contributed by atoms with Crippen LogP contribution in [0.1, 0.15) is 16.1 Å². The molecule has 0 aliphatic rings. The van der Waals surface area contributed by atoms with Gasteiger partial charge in [0.25, 0.3) is 5.91 Å². The van der Waals surface area contributed by atoms with E-state index >= 15 is 0 Å². The van der Waals surface area contributed by atoms with Crippen molar-refractivity contribution in [1.82, 2.24) is 10.3 Å². The van der Waals surface area contributed by atoms with Crippen molar-refractivity contribution in [2.45, 2.75) is 6.61 Å². The fourth-order valence-electron chi connectivity index (χ4n) is 2.20. The van der Waals surface area contributed by atoms with Crippen LogP contribution in [0.2, 0.25) is 5.02 Å². The summed E-state index contributed by atoms with van der Waals surface area (Å²) in [7, 11) is 0. The largest absolute Gasteiger partial charge is 0.458 e. The minimum Gasteiger partial charge on any atom is -0.458 e. The van der Waals surface area contributed by atoms with Gasteiger partial charge in [-0.25, -0.2) is 9.37 Å². The number of benzene rings is 2. The average molecular weight is 405 g/mol. The van der Waals surface area contributed by atoms with Gasteiger partial charge in [0.05, 0.1) is 11.3 Å². The summed E-state index contributed by atoms with van der Waals surface area (Å²) in [4.78, 5) is 28.0. The molecule has 8 heteroatoms. The van der Waals surface area contributed by atoms with Crippen molar-refractivity contribution in [3.63, 3.8) is 0 Å². The molecule has 0 radical (unpaired) electrons. The summed E-state index contributed by atoms with van der Waals surface area (Å²) in [5, 5.41) is 5.54. The number of aromatic nitrogens is 1. The molecule has 0 atom stereocenters. The molecule has 0 aliphatic heterocycles. The number of nitrogens with one attached hydrogen (secondary N) is 1. The number of hydrogen-bond donors (Lipinski definition) is 1. The highest BCUT2D eigenvalue weighted by molar-refractivity contribution is 7.13. The molecule has 3 rings (SSSR count). The first-order valence-electron chi connectivity index (χ1n) is 7.91. The van der Waals surface area contributed by atoms with Crippen molar-refractivity contribution < 1.29 is 18.7 Å². The van der Waals surface area contributed by atoms with Crippen LogP contribution in [0.25, 0.3) is 10.6 Å². The number of nitrogens with zero attached hydrogens (tertiary/aromatic N) is 1. The summed E-state index contributed by atoms with van der Waals surface area (Å²) < 4.78 is 18.6. The van der Waals surface area contributed by atoms with Gasteiger partial charge >= 0.3 is 5.97 Å². The van der Waals surface area contributed by atoms with E-state index in [9.17, 15) is 14.0 Å². The number of thiazole rings is 1. The zero-order chi connectivity index (χ0) is 19.2. The van der Waals surface area contributed by atoms with Gasteiger partial charge in [-0.15, -0.1) is 11.3 Å². The van der Waals surface area contributed by atoms with E-state index in [2.05, 4.69) is 10.3 Å². The number of carbonyl (C=O) groups excluding carboxylic acids is 2. The maximum Gasteiger partial charge on any atom is 0.325 e. The fourth-order valence-corrected chi connectivity index (χ4v) is 3.13. The number of amides is 1. The van der Waals surface area contributed by atoms with Crippen molar-refractivity contribution in [1.29, 1.82) is 0 Å². The second kappa shape index (κ2) is 8.75. The Morgan fingerprint density at radius 2 is 1.89 bits per heavy atom. The van der Waals surface area contributed by atoms with Crippen LogP contribution in [-0.4, -0.2) is 23.4 Å². The van der Waals surface area contributed by atoms with E-state index in [1.54, 1.807) is 17.5 Å². The molecule has 1 aromatic heterocycles. The van der Waals surface area contributed by atoms with Gasteiger partial charge in [-0.05, 0) is 24.3 Å². The third-order valence-corrected chi connectivity index (χ3v) is 4.73. The van der Waals surface area contributed by atoms with E-state index in [4.69, 9.17) is 16.3 Å². The molecule has 1 amide bonds. The van der Waals surface area contributed by atoms with Crippen LogP contribution in [0.3, 0.4) is 0 Å². The number of rotatable bonds is 6. The maximum atomic E-state index is 13.5. The van der Waals surface area contributed by atoms with Gasteiger partial charge in [-0.3, -0.25) is 9.59 Å². The van der Waals surface area contributed by atoms with Gasteiger partial charge in [0, 0.05) is 16.0 Å². The first-order valence-corrected chi connectivity index (χ1v) is 9.17. The first-order chi connectivity index (χ1) is 13.0. The van der Waals surface area contributed by atoms with Gasteiger partial charge < -0.3 is 10.1 Å². The maximum absolute atomic E-state index is 13.5. The van der Waals surface area contributed by atoms with Crippen LogP contribution < -0.4 is 5.32 Å². The molecule has 0 unspecified atom stereocenters. The highest BCUT2D eigenvalue weighted by atomic mass is 35.5. The molecule has 27 heavy (non-hydrogen) atoms. The summed E-state index contributed by atoms with van der Waals surface area (Å²) in [5.74, 6) is -1.97. The zero-order valence-corrected chi connectivity index (χ0v) is 15.5. The molecule has 5 nitrogen and oxygen atoms in total. The van der Waals surface area contributed by atoms with E-state index in [0.717, 1.165) is 10.6 Å². The minimum absolute atomic E-state index is 0.0154. The second-order valence-corrected chi connectivity index (χ2v) is 6.77. The summed E-state index contributed by atoms with van der Waals surface area (Å²) in [6.07, 6.45) is 0. The lowest BCUT2D eigenvalue weighted by atomic mass is 10.2. The summed E-state index contributed by atoms with van der Waals surface area (Å²) >= 11 is 7.28. The summed E-state index contributed by atoms with van der Waals surface area (Å²) in [6.45, 7) is -0.375. The summed E-state index contributed by atoms with van der Waals surface area (Å²) in [6, 6.07) is 12.8. The number of hydrogen-bond acceptors (Lipinski definition) is 5. The Kier molecular flexibility index (Phi) is 6.16. The van der Waals surface area contributed by atoms with E-state index in [-0.39, 0.29) is 18.7 Å². The average Bonchev–Trinajstić information content (AvgIpc) is 3.14. The van der Waals surface area contributed by atoms with Crippen molar-refractivity contribution in [2.75, 3.05) is 6.54 Å². The van der Waals surface area contributed by atoms with Crippen molar-refractivity contribution in [3.8, 4) is 10.6 Å². The van der Waals surface area contributed by atoms with Gasteiger partial charge in [-0.2, -0.15) is 0 Å². The highest BCUT2D eigenvalue weighted by Gasteiger charge is 2.13. The van der Waals surface area contributed by atoms with Gasteiger partial charge in [0.2, 0.25) is 0 Å². The van der Waals surface area contributed by atoms with Crippen LogP contribution >= 0.6 is 22.9 Å². The fraction of sp³-hybridized carbons (Fsp3) is 0.105. The lowest BCUT2D eigenvalue weighted by molar-refractivity contribution is -0.143. The van der Waals surface area contributed by atoms with Crippen LogP contribution in [0.15, 0.2) is 53.9 Å². The predicted octanol–water partition coefficient (Wildman–Crippen LogP) is 4.08. The van der Waals surface area contributed by atoms with Crippen LogP contribution in [0.5, 0.6) is 0 Å². The summed E-state index contributed by atoms with van der Waals surface area (Å²) in [5.41, 5.74) is 1.38. The minimum atomic E-state index is -0.677. The van der Waals surface area contributed by atoms with Crippen LogP contribution in [-0.2, 0) is 16.1 Å². The Morgan fingerprint density at radius 1 is 1.15 bits per heavy atom. The Morgan fingerprint density at radius 3 is 2.63 bits per heavy atom. The highest BCUT2D eigenvalue weighted by Crippen LogP contribution is 2.25. The Labute approximate surface area is 163 Å². The smallest absolute Gasteiger partial charge is 0.325 e. The van der Waals surface area contributed by atoms with Gasteiger partial charge in [-0.1, -0.05) is 35.9 Å². The standard InChI is InChI=1S/C19H14ClFN2O3S/c20-13-7-5-12(6-8-13)19-23-14(11-27-19)10-26-17(24)9-22-18(25)15-3-1-2-4-16(15)21/h1-8,11H,9-10H2,(H,22,25). The van der Waals surface area contributed by atoms with Crippen molar-refractivity contribution in [3.05, 3.63) is 76.0 Å². The Bertz CT molecular complexity index is 960. The second-order valence-electron chi connectivity index (χ2n) is 5.47. The molecule has 0 aliphatic carbocycles. The van der Waals surface area contributed by atoms with Crippen LogP contribution in [0.4, 0.5) is 4.39 Å². The Hall–Kier alpha value is -2.77. The number of ether oxygens (including phenoxy) is 1. The SMILES string of the molecule is O=C(CNC(=O)c1ccccc1F)OCc1csc(-c2ccc(Cl)cc2)n1. The number of esters is 1. The van der Waals surface area contributed by atoms with E-state index in [1.807, 2.05) is 12.1 Å². The number of carbonyl (C=O) groups is 2.